The molecule has 8 nitrogen and oxygen atoms in total. The lowest BCUT2D eigenvalue weighted by Crippen LogP contribution is -2.36. The number of amides is 1. The molecule has 0 atom stereocenters. The van der Waals surface area contributed by atoms with Gasteiger partial charge in [-0.25, -0.2) is 4.98 Å². The number of rotatable bonds is 6. The minimum atomic E-state index is -0.232. The second-order valence-corrected chi connectivity index (χ2v) is 8.60. The van der Waals surface area contributed by atoms with Gasteiger partial charge in [-0.05, 0) is 35.9 Å². The van der Waals surface area contributed by atoms with Crippen LogP contribution >= 0.6 is 11.3 Å². The summed E-state index contributed by atoms with van der Waals surface area (Å²) in [6.45, 7) is 4.17. The highest BCUT2D eigenvalue weighted by Crippen LogP contribution is 2.40. The Balaban J connectivity index is 1.22. The summed E-state index contributed by atoms with van der Waals surface area (Å²) < 4.78 is 22.1. The van der Waals surface area contributed by atoms with Crippen LogP contribution in [0.2, 0.25) is 0 Å². The highest BCUT2D eigenvalue weighted by molar-refractivity contribution is 7.14. The van der Waals surface area contributed by atoms with Gasteiger partial charge in [0.25, 0.3) is 0 Å². The molecule has 2 aliphatic heterocycles. The zero-order chi connectivity index (χ0) is 23.3. The summed E-state index contributed by atoms with van der Waals surface area (Å²) in [5.41, 5.74) is 3.43. The third-order valence-electron chi connectivity index (χ3n) is 5.50. The lowest BCUT2D eigenvalue weighted by molar-refractivity contribution is -0.111. The Morgan fingerprint density at radius 3 is 2.71 bits per heavy atom. The first-order chi connectivity index (χ1) is 16.7. The molecule has 1 fully saturated rings. The molecule has 0 bridgehead atoms. The van der Waals surface area contributed by atoms with Crippen molar-refractivity contribution in [2.45, 2.75) is 0 Å². The minimum Gasteiger partial charge on any atom is -0.493 e. The smallest absolute Gasteiger partial charge is 0.248 e. The lowest BCUT2D eigenvalue weighted by Gasteiger charge is -2.26. The van der Waals surface area contributed by atoms with Crippen molar-refractivity contribution < 1.29 is 23.7 Å². The van der Waals surface area contributed by atoms with Crippen molar-refractivity contribution in [2.24, 2.45) is 0 Å². The van der Waals surface area contributed by atoms with E-state index in [0.717, 1.165) is 48.3 Å². The topological polar surface area (TPSA) is 82.2 Å². The first kappa shape index (κ1) is 22.2. The minimum absolute atomic E-state index is 0.232. The molecule has 2 aliphatic rings. The molecule has 1 N–H and O–H groups in total. The summed E-state index contributed by atoms with van der Waals surface area (Å²) in [7, 11) is 1.58. The van der Waals surface area contributed by atoms with Gasteiger partial charge in [0.05, 0.1) is 26.0 Å². The number of carbonyl (C=O) groups excluding carboxylic acids is 1. The number of aromatic nitrogens is 1. The van der Waals surface area contributed by atoms with Crippen LogP contribution in [0.1, 0.15) is 5.56 Å². The van der Waals surface area contributed by atoms with Crippen LogP contribution in [0.4, 0.5) is 10.8 Å². The van der Waals surface area contributed by atoms with Crippen molar-refractivity contribution in [3.63, 3.8) is 0 Å². The van der Waals surface area contributed by atoms with Crippen LogP contribution < -0.4 is 24.4 Å². The van der Waals surface area contributed by atoms with Crippen LogP contribution in [0.25, 0.3) is 17.3 Å². The maximum Gasteiger partial charge on any atom is 0.248 e. The number of anilines is 2. The van der Waals surface area contributed by atoms with Crippen LogP contribution in [0.15, 0.2) is 47.9 Å². The number of nitrogens with one attached hydrogen (secondary N) is 1. The zero-order valence-corrected chi connectivity index (χ0v) is 19.6. The molecule has 5 rings (SSSR count). The van der Waals surface area contributed by atoms with E-state index < -0.39 is 0 Å². The van der Waals surface area contributed by atoms with Gasteiger partial charge in [-0.1, -0.05) is 12.1 Å². The third-order valence-corrected chi connectivity index (χ3v) is 6.40. The molecular weight excluding hydrogens is 454 g/mol. The van der Waals surface area contributed by atoms with Crippen LogP contribution in [-0.4, -0.2) is 57.5 Å². The SMILES string of the molecule is COc1cc(/C=C/C(=O)Nc2ccc(-c3csc(N4CCOCC4)n3)cc2)cc2c1OCCO2. The van der Waals surface area contributed by atoms with Gasteiger partial charge in [-0.15, -0.1) is 11.3 Å². The summed E-state index contributed by atoms with van der Waals surface area (Å²) >= 11 is 1.64. The van der Waals surface area contributed by atoms with Crippen molar-refractivity contribution >= 4 is 34.1 Å². The molecule has 9 heteroatoms. The van der Waals surface area contributed by atoms with Gasteiger partial charge in [0.2, 0.25) is 11.7 Å². The maximum absolute atomic E-state index is 12.5. The number of carbonyl (C=O) groups is 1. The van der Waals surface area contributed by atoms with E-state index in [1.165, 1.54) is 6.08 Å². The molecule has 0 spiro atoms. The van der Waals surface area contributed by atoms with E-state index in [-0.39, 0.29) is 5.91 Å². The van der Waals surface area contributed by atoms with E-state index in [1.807, 2.05) is 36.4 Å². The van der Waals surface area contributed by atoms with Crippen molar-refractivity contribution in [1.82, 2.24) is 4.98 Å². The maximum atomic E-state index is 12.5. The van der Waals surface area contributed by atoms with Crippen molar-refractivity contribution in [1.29, 1.82) is 0 Å². The quantitative estimate of drug-likeness (QED) is 0.534. The van der Waals surface area contributed by atoms with Gasteiger partial charge >= 0.3 is 0 Å². The highest BCUT2D eigenvalue weighted by atomic mass is 32.1. The molecule has 0 saturated carbocycles. The van der Waals surface area contributed by atoms with Gasteiger partial charge < -0.3 is 29.2 Å². The number of hydrogen-bond donors (Lipinski definition) is 1. The number of thiazole rings is 1. The van der Waals surface area contributed by atoms with Crippen LogP contribution in [0, 0.1) is 0 Å². The summed E-state index contributed by atoms with van der Waals surface area (Å²) in [5, 5.41) is 5.95. The Bertz CT molecular complexity index is 1170. The first-order valence-electron chi connectivity index (χ1n) is 11.0. The summed E-state index contributed by atoms with van der Waals surface area (Å²) in [4.78, 5) is 19.5. The predicted octanol–water partition coefficient (Wildman–Crippen LogP) is 4.08. The molecule has 0 radical (unpaired) electrons. The average Bonchev–Trinajstić information content (AvgIpc) is 3.38. The van der Waals surface area contributed by atoms with E-state index in [1.54, 1.807) is 24.5 Å². The molecule has 3 heterocycles. The third kappa shape index (κ3) is 5.00. The first-order valence-corrected chi connectivity index (χ1v) is 11.9. The molecule has 34 heavy (non-hydrogen) atoms. The van der Waals surface area contributed by atoms with Gasteiger partial charge in [0.1, 0.15) is 13.2 Å². The lowest BCUT2D eigenvalue weighted by atomic mass is 10.1. The molecule has 2 aromatic carbocycles. The summed E-state index contributed by atoms with van der Waals surface area (Å²) in [6, 6.07) is 11.3. The van der Waals surface area contributed by atoms with Crippen molar-refractivity contribution in [3.05, 3.63) is 53.4 Å². The number of hydrogen-bond acceptors (Lipinski definition) is 8. The fourth-order valence-corrected chi connectivity index (χ4v) is 4.66. The summed E-state index contributed by atoms with van der Waals surface area (Å²) in [5.74, 6) is 1.55. The normalized spacial score (nSPS) is 15.4. The number of benzene rings is 2. The Hall–Kier alpha value is -3.56. The largest absolute Gasteiger partial charge is 0.493 e. The highest BCUT2D eigenvalue weighted by Gasteiger charge is 2.18. The van der Waals surface area contributed by atoms with Crippen LogP contribution in [0.3, 0.4) is 0 Å². The van der Waals surface area contributed by atoms with E-state index in [4.69, 9.17) is 23.9 Å². The van der Waals surface area contributed by atoms with E-state index in [2.05, 4.69) is 15.6 Å². The molecular formula is C25H25N3O5S. The zero-order valence-electron chi connectivity index (χ0n) is 18.8. The average molecular weight is 480 g/mol. The Kier molecular flexibility index (Phi) is 6.64. The molecule has 1 aromatic heterocycles. The number of fused-ring (bicyclic) bond motifs is 1. The fourth-order valence-electron chi connectivity index (χ4n) is 3.77. The number of methoxy groups -OCH3 is 1. The number of nitrogens with zero attached hydrogens (tertiary/aromatic N) is 2. The standard InChI is InChI=1S/C25H25N3O5S/c1-30-21-14-17(15-22-24(21)33-13-12-32-22)2-7-23(29)26-19-5-3-18(4-6-19)20-16-34-25(27-20)28-8-10-31-11-9-28/h2-7,14-16H,8-13H2,1H3,(H,26,29)/b7-2+. The van der Waals surface area contributed by atoms with E-state index in [9.17, 15) is 4.79 Å². The van der Waals surface area contributed by atoms with Gasteiger partial charge in [-0.2, -0.15) is 0 Å². The van der Waals surface area contributed by atoms with Crippen LogP contribution in [0.5, 0.6) is 17.2 Å². The second kappa shape index (κ2) is 10.1. The van der Waals surface area contributed by atoms with Crippen molar-refractivity contribution in [2.75, 3.05) is 56.8 Å². The molecule has 0 aliphatic carbocycles. The summed E-state index contributed by atoms with van der Waals surface area (Å²) in [6.07, 6.45) is 3.20. The number of morpholine rings is 1. The van der Waals surface area contributed by atoms with Gasteiger partial charge in [0, 0.05) is 35.8 Å². The Labute approximate surface area is 201 Å². The predicted molar refractivity (Wildman–Crippen MR) is 132 cm³/mol. The molecule has 1 saturated heterocycles. The monoisotopic (exact) mass is 479 g/mol. The molecule has 1 amide bonds. The van der Waals surface area contributed by atoms with Gasteiger partial charge in [-0.3, -0.25) is 4.79 Å². The Morgan fingerprint density at radius 2 is 1.91 bits per heavy atom. The van der Waals surface area contributed by atoms with Gasteiger partial charge in [0.15, 0.2) is 16.6 Å². The molecule has 176 valence electrons. The van der Waals surface area contributed by atoms with E-state index >= 15 is 0 Å². The van der Waals surface area contributed by atoms with Crippen LogP contribution in [-0.2, 0) is 9.53 Å². The Morgan fingerprint density at radius 1 is 1.12 bits per heavy atom. The number of ether oxygens (including phenoxy) is 4. The fraction of sp³-hybridized carbons (Fsp3) is 0.280. The van der Waals surface area contributed by atoms with E-state index in [0.29, 0.717) is 36.1 Å². The molecule has 3 aromatic rings. The second-order valence-electron chi connectivity index (χ2n) is 7.76. The van der Waals surface area contributed by atoms with Crippen molar-refractivity contribution in [3.8, 4) is 28.5 Å². The molecule has 0 unspecified atom stereocenters.